The topological polar surface area (TPSA) is 56.1 Å². The van der Waals surface area contributed by atoms with Gasteiger partial charge in [-0.05, 0) is 45.7 Å². The van der Waals surface area contributed by atoms with E-state index in [1.807, 2.05) is 20.8 Å². The Morgan fingerprint density at radius 2 is 2.17 bits per heavy atom. The zero-order chi connectivity index (χ0) is 16.6. The minimum atomic E-state index is -0.511. The molecule has 3 rings (SSSR count). The van der Waals surface area contributed by atoms with Crippen molar-refractivity contribution in [3.63, 3.8) is 0 Å². The number of hydrogen-bond donors (Lipinski definition) is 1. The summed E-state index contributed by atoms with van der Waals surface area (Å²) in [6.45, 7) is 5.92. The molecule has 0 atom stereocenters. The number of carbonyl (C=O) groups excluding carboxylic acids is 1. The molecule has 0 bridgehead atoms. The van der Waals surface area contributed by atoms with Crippen LogP contribution in [0.1, 0.15) is 45.5 Å². The fourth-order valence-corrected chi connectivity index (χ4v) is 2.63. The van der Waals surface area contributed by atoms with E-state index in [1.54, 1.807) is 6.07 Å². The Balaban J connectivity index is 1.70. The van der Waals surface area contributed by atoms with Gasteiger partial charge in [0, 0.05) is 25.1 Å². The number of alkyl carbamates (subject to hydrolysis) is 1. The number of imidazole rings is 1. The number of carbonyl (C=O) groups is 1. The van der Waals surface area contributed by atoms with Gasteiger partial charge in [-0.2, -0.15) is 0 Å². The van der Waals surface area contributed by atoms with E-state index >= 15 is 0 Å². The summed E-state index contributed by atoms with van der Waals surface area (Å²) in [7, 11) is 0. The quantitative estimate of drug-likeness (QED) is 0.937. The summed E-state index contributed by atoms with van der Waals surface area (Å²) in [5, 5.41) is 2.74. The van der Waals surface area contributed by atoms with Crippen molar-refractivity contribution < 1.29 is 13.9 Å². The molecule has 5 nitrogen and oxygen atoms in total. The molecule has 0 radical (unpaired) electrons. The smallest absolute Gasteiger partial charge is 0.407 e. The predicted molar refractivity (Wildman–Crippen MR) is 85.9 cm³/mol. The molecule has 1 saturated carbocycles. The van der Waals surface area contributed by atoms with E-state index < -0.39 is 11.7 Å². The van der Waals surface area contributed by atoms with E-state index in [1.165, 1.54) is 12.1 Å². The minimum Gasteiger partial charge on any atom is -0.444 e. The van der Waals surface area contributed by atoms with Crippen LogP contribution in [0, 0.1) is 5.82 Å². The van der Waals surface area contributed by atoms with Crippen LogP contribution in [-0.2, 0) is 11.2 Å². The third-order valence-electron chi connectivity index (χ3n) is 3.65. The van der Waals surface area contributed by atoms with Crippen molar-refractivity contribution in [1.82, 2.24) is 14.9 Å². The van der Waals surface area contributed by atoms with Gasteiger partial charge in [0.1, 0.15) is 17.2 Å². The van der Waals surface area contributed by atoms with Crippen LogP contribution in [0.15, 0.2) is 18.2 Å². The lowest BCUT2D eigenvalue weighted by Gasteiger charge is -2.19. The molecule has 0 saturated heterocycles. The van der Waals surface area contributed by atoms with E-state index in [-0.39, 0.29) is 5.82 Å². The Morgan fingerprint density at radius 3 is 2.83 bits per heavy atom. The van der Waals surface area contributed by atoms with Crippen LogP contribution in [0.25, 0.3) is 11.0 Å². The molecular formula is C17H22FN3O2. The molecule has 1 aromatic carbocycles. The SMILES string of the molecule is CC(C)(C)OC(=O)NCCc1nc2cc(F)ccc2n1C1CC1. The van der Waals surface area contributed by atoms with Crippen LogP contribution >= 0.6 is 0 Å². The van der Waals surface area contributed by atoms with Gasteiger partial charge < -0.3 is 14.6 Å². The number of ether oxygens (including phenoxy) is 1. The fraction of sp³-hybridized carbons (Fsp3) is 0.529. The average molecular weight is 319 g/mol. The number of rotatable bonds is 4. The van der Waals surface area contributed by atoms with Crippen molar-refractivity contribution in [2.45, 2.75) is 51.7 Å². The molecule has 0 unspecified atom stereocenters. The lowest BCUT2D eigenvalue weighted by Crippen LogP contribution is -2.33. The molecule has 1 heterocycles. The van der Waals surface area contributed by atoms with E-state index in [0.29, 0.717) is 24.5 Å². The summed E-state index contributed by atoms with van der Waals surface area (Å²) >= 11 is 0. The Labute approximate surface area is 134 Å². The highest BCUT2D eigenvalue weighted by molar-refractivity contribution is 5.76. The van der Waals surface area contributed by atoms with Crippen LogP contribution in [-0.4, -0.2) is 27.8 Å². The van der Waals surface area contributed by atoms with Crippen molar-refractivity contribution >= 4 is 17.1 Å². The second-order valence-corrected chi connectivity index (χ2v) is 6.94. The molecule has 1 amide bonds. The Hall–Kier alpha value is -2.11. The van der Waals surface area contributed by atoms with Crippen molar-refractivity contribution in [3.05, 3.63) is 29.8 Å². The van der Waals surface area contributed by atoms with Gasteiger partial charge in [0.25, 0.3) is 0 Å². The molecule has 1 aliphatic rings. The molecule has 0 aliphatic heterocycles. The van der Waals surface area contributed by atoms with Gasteiger partial charge in [-0.15, -0.1) is 0 Å². The average Bonchev–Trinajstić information content (AvgIpc) is 3.18. The van der Waals surface area contributed by atoms with E-state index in [9.17, 15) is 9.18 Å². The maximum Gasteiger partial charge on any atom is 0.407 e. The summed E-state index contributed by atoms with van der Waals surface area (Å²) < 4.78 is 20.8. The third kappa shape index (κ3) is 3.81. The number of nitrogens with one attached hydrogen (secondary N) is 1. The van der Waals surface area contributed by atoms with Gasteiger partial charge in [-0.1, -0.05) is 0 Å². The zero-order valence-electron chi connectivity index (χ0n) is 13.7. The van der Waals surface area contributed by atoms with E-state index in [0.717, 1.165) is 24.2 Å². The number of amides is 1. The highest BCUT2D eigenvalue weighted by Gasteiger charge is 2.28. The standard InChI is InChI=1S/C17H22FN3O2/c1-17(2,3)23-16(22)19-9-8-15-20-13-10-11(18)4-7-14(13)21(15)12-5-6-12/h4,7,10,12H,5-6,8-9H2,1-3H3,(H,19,22). The number of nitrogens with zero attached hydrogens (tertiary/aromatic N) is 2. The summed E-state index contributed by atoms with van der Waals surface area (Å²) in [6.07, 6.45) is 2.40. The summed E-state index contributed by atoms with van der Waals surface area (Å²) in [5.74, 6) is 0.598. The molecule has 1 N–H and O–H groups in total. The molecule has 1 aromatic heterocycles. The van der Waals surface area contributed by atoms with Gasteiger partial charge >= 0.3 is 6.09 Å². The number of aromatic nitrogens is 2. The molecule has 0 spiro atoms. The van der Waals surface area contributed by atoms with Crippen molar-refractivity contribution in [3.8, 4) is 0 Å². The Bertz CT molecular complexity index is 729. The lowest BCUT2D eigenvalue weighted by atomic mass is 10.2. The number of halogens is 1. The molecule has 23 heavy (non-hydrogen) atoms. The van der Waals surface area contributed by atoms with Crippen molar-refractivity contribution in [2.24, 2.45) is 0 Å². The van der Waals surface area contributed by atoms with Gasteiger partial charge in [0.2, 0.25) is 0 Å². The fourth-order valence-electron chi connectivity index (χ4n) is 2.63. The number of benzene rings is 1. The van der Waals surface area contributed by atoms with Crippen molar-refractivity contribution in [1.29, 1.82) is 0 Å². The monoisotopic (exact) mass is 319 g/mol. The maximum atomic E-state index is 13.4. The second-order valence-electron chi connectivity index (χ2n) is 6.94. The first kappa shape index (κ1) is 15.8. The lowest BCUT2D eigenvalue weighted by molar-refractivity contribution is 0.0528. The number of hydrogen-bond acceptors (Lipinski definition) is 3. The van der Waals surface area contributed by atoms with Crippen LogP contribution in [0.5, 0.6) is 0 Å². The van der Waals surface area contributed by atoms with E-state index in [2.05, 4.69) is 14.9 Å². The number of fused-ring (bicyclic) bond motifs is 1. The minimum absolute atomic E-state index is 0.281. The third-order valence-corrected chi connectivity index (χ3v) is 3.65. The Kier molecular flexibility index (Phi) is 4.00. The van der Waals surface area contributed by atoms with Crippen LogP contribution in [0.4, 0.5) is 9.18 Å². The van der Waals surface area contributed by atoms with Gasteiger partial charge in [0.05, 0.1) is 11.0 Å². The highest BCUT2D eigenvalue weighted by Crippen LogP contribution is 2.38. The van der Waals surface area contributed by atoms with Gasteiger partial charge in [0.15, 0.2) is 0 Å². The maximum absolute atomic E-state index is 13.4. The predicted octanol–water partition coefficient (Wildman–Crippen LogP) is 3.58. The normalized spacial score (nSPS) is 15.0. The molecule has 1 fully saturated rings. The van der Waals surface area contributed by atoms with Gasteiger partial charge in [-0.3, -0.25) is 0 Å². The molecular weight excluding hydrogens is 297 g/mol. The highest BCUT2D eigenvalue weighted by atomic mass is 19.1. The first-order valence-corrected chi connectivity index (χ1v) is 7.97. The summed E-state index contributed by atoms with van der Waals surface area (Å²) in [4.78, 5) is 16.2. The van der Waals surface area contributed by atoms with Crippen LogP contribution in [0.2, 0.25) is 0 Å². The molecule has 1 aliphatic carbocycles. The largest absolute Gasteiger partial charge is 0.444 e. The van der Waals surface area contributed by atoms with Crippen LogP contribution < -0.4 is 5.32 Å². The Morgan fingerprint density at radius 1 is 1.43 bits per heavy atom. The van der Waals surface area contributed by atoms with Gasteiger partial charge in [-0.25, -0.2) is 14.2 Å². The summed E-state index contributed by atoms with van der Waals surface area (Å²) in [6, 6.07) is 5.15. The first-order valence-electron chi connectivity index (χ1n) is 7.97. The molecule has 6 heteroatoms. The molecule has 124 valence electrons. The second kappa shape index (κ2) is 5.83. The van der Waals surface area contributed by atoms with Crippen molar-refractivity contribution in [2.75, 3.05) is 6.54 Å². The first-order chi connectivity index (χ1) is 10.8. The summed E-state index contributed by atoms with van der Waals surface area (Å²) in [5.41, 5.74) is 1.12. The zero-order valence-corrected chi connectivity index (χ0v) is 13.7. The van der Waals surface area contributed by atoms with E-state index in [4.69, 9.17) is 4.74 Å². The van der Waals surface area contributed by atoms with Crippen LogP contribution in [0.3, 0.4) is 0 Å². The molecule has 2 aromatic rings.